The van der Waals surface area contributed by atoms with Gasteiger partial charge in [-0.15, -0.1) is 0 Å². The first-order valence-electron chi connectivity index (χ1n) is 11.2. The van der Waals surface area contributed by atoms with Crippen LogP contribution >= 0.6 is 0 Å². The molecule has 29 heavy (non-hydrogen) atoms. The number of hydrogen-bond donors (Lipinski definition) is 1. The highest BCUT2D eigenvalue weighted by Gasteiger charge is 2.49. The van der Waals surface area contributed by atoms with Crippen LogP contribution in [0.3, 0.4) is 0 Å². The van der Waals surface area contributed by atoms with Crippen LogP contribution in [0, 0.1) is 11.2 Å². The Labute approximate surface area is 171 Å². The van der Waals surface area contributed by atoms with Crippen LogP contribution in [0.1, 0.15) is 62.8 Å². The van der Waals surface area contributed by atoms with Crippen molar-refractivity contribution in [3.05, 3.63) is 35.6 Å². The molecule has 4 heterocycles. The summed E-state index contributed by atoms with van der Waals surface area (Å²) in [6.45, 7) is 2.08. The summed E-state index contributed by atoms with van der Waals surface area (Å²) < 4.78 is 13.3. The van der Waals surface area contributed by atoms with E-state index in [2.05, 4.69) is 10.2 Å². The molecule has 0 aromatic heterocycles. The zero-order valence-corrected chi connectivity index (χ0v) is 16.9. The topological polar surface area (TPSA) is 52.7 Å². The van der Waals surface area contributed by atoms with Crippen LogP contribution in [0.25, 0.3) is 0 Å². The molecule has 2 bridgehead atoms. The molecule has 0 radical (unpaired) electrons. The first-order chi connectivity index (χ1) is 14.1. The molecule has 156 valence electrons. The minimum atomic E-state index is -0.377. The van der Waals surface area contributed by atoms with Gasteiger partial charge in [-0.1, -0.05) is 12.1 Å². The van der Waals surface area contributed by atoms with Crippen molar-refractivity contribution >= 4 is 11.9 Å². The maximum Gasteiger partial charge on any atom is 0.320 e. The van der Waals surface area contributed by atoms with Crippen LogP contribution in [0.15, 0.2) is 24.3 Å². The van der Waals surface area contributed by atoms with Crippen LogP contribution in [0.5, 0.6) is 0 Å². The standard InChI is InChI=1S/C23H30FN3O2/c24-18-5-3-16(4-6-18)17-13-19-7-8-20(14-17)27(19)22(29)26-12-2-10-23(15-26)9-1-11-25-21(23)28/h3-6,17,19-20H,1-2,7-15H2,(H,25,28). The minimum Gasteiger partial charge on any atom is -0.356 e. The van der Waals surface area contributed by atoms with Crippen LogP contribution in [-0.2, 0) is 4.79 Å². The summed E-state index contributed by atoms with van der Waals surface area (Å²) in [5.74, 6) is 0.336. The SMILES string of the molecule is O=C(N1CCCC2(CCCNC2=O)C1)N1C2CCC1CC(c1ccc(F)cc1)C2. The third-order valence-corrected chi connectivity index (χ3v) is 7.74. The summed E-state index contributed by atoms with van der Waals surface area (Å²) in [4.78, 5) is 30.2. The Bertz CT molecular complexity index is 780. The number of amides is 3. The fourth-order valence-electron chi connectivity index (χ4n) is 6.27. The third-order valence-electron chi connectivity index (χ3n) is 7.74. The van der Waals surface area contributed by atoms with E-state index < -0.39 is 0 Å². The Balaban J connectivity index is 1.30. The zero-order chi connectivity index (χ0) is 20.0. The lowest BCUT2D eigenvalue weighted by Crippen LogP contribution is -2.59. The fourth-order valence-corrected chi connectivity index (χ4v) is 6.27. The number of urea groups is 1. The molecule has 3 atom stereocenters. The smallest absolute Gasteiger partial charge is 0.320 e. The molecule has 1 spiro atoms. The Morgan fingerprint density at radius 3 is 2.45 bits per heavy atom. The lowest BCUT2D eigenvalue weighted by molar-refractivity contribution is -0.136. The van der Waals surface area contributed by atoms with Gasteiger partial charge in [-0.2, -0.15) is 0 Å². The maximum absolute atomic E-state index is 13.5. The molecule has 4 aliphatic heterocycles. The Morgan fingerprint density at radius 1 is 1.07 bits per heavy atom. The highest BCUT2D eigenvalue weighted by molar-refractivity contribution is 5.85. The maximum atomic E-state index is 13.5. The van der Waals surface area contributed by atoms with Gasteiger partial charge < -0.3 is 15.1 Å². The second-order valence-corrected chi connectivity index (χ2v) is 9.46. The number of nitrogens with zero attached hydrogens (tertiary/aromatic N) is 2. The van der Waals surface area contributed by atoms with Crippen molar-refractivity contribution < 1.29 is 14.0 Å². The van der Waals surface area contributed by atoms with Gasteiger partial charge >= 0.3 is 6.03 Å². The molecule has 6 heteroatoms. The Kier molecular flexibility index (Phi) is 4.75. The number of carbonyl (C=O) groups is 2. The molecule has 0 saturated carbocycles. The van der Waals surface area contributed by atoms with E-state index in [9.17, 15) is 14.0 Å². The molecule has 4 aliphatic rings. The van der Waals surface area contributed by atoms with Gasteiger partial charge in [0.15, 0.2) is 0 Å². The van der Waals surface area contributed by atoms with E-state index in [4.69, 9.17) is 0 Å². The molecule has 4 fully saturated rings. The molecule has 1 aromatic rings. The van der Waals surface area contributed by atoms with E-state index in [0.29, 0.717) is 12.5 Å². The van der Waals surface area contributed by atoms with Crippen LogP contribution < -0.4 is 5.32 Å². The number of rotatable bonds is 1. The van der Waals surface area contributed by atoms with Gasteiger partial charge in [-0.25, -0.2) is 9.18 Å². The molecule has 3 amide bonds. The molecule has 4 saturated heterocycles. The van der Waals surface area contributed by atoms with E-state index in [1.54, 1.807) is 0 Å². The Morgan fingerprint density at radius 2 is 1.76 bits per heavy atom. The number of piperidine rings is 3. The largest absolute Gasteiger partial charge is 0.356 e. The summed E-state index contributed by atoms with van der Waals surface area (Å²) in [5.41, 5.74) is 0.809. The van der Waals surface area contributed by atoms with Gasteiger partial charge in [0.25, 0.3) is 0 Å². The summed E-state index contributed by atoms with van der Waals surface area (Å²) in [7, 11) is 0. The van der Waals surface area contributed by atoms with Gasteiger partial charge in [0, 0.05) is 31.7 Å². The summed E-state index contributed by atoms with van der Waals surface area (Å²) in [6, 6.07) is 7.52. The normalized spacial score (nSPS) is 34.4. The van der Waals surface area contributed by atoms with Crippen molar-refractivity contribution in [1.29, 1.82) is 0 Å². The number of benzene rings is 1. The predicted molar refractivity (Wildman–Crippen MR) is 108 cm³/mol. The second-order valence-electron chi connectivity index (χ2n) is 9.46. The van der Waals surface area contributed by atoms with Gasteiger partial charge in [0.2, 0.25) is 5.91 Å². The van der Waals surface area contributed by atoms with Gasteiger partial charge in [-0.05, 0) is 75.0 Å². The average molecular weight is 400 g/mol. The Hall–Kier alpha value is -2.11. The quantitative estimate of drug-likeness (QED) is 0.784. The van der Waals surface area contributed by atoms with E-state index in [-0.39, 0.29) is 35.3 Å². The molecular formula is C23H30FN3O2. The number of likely N-dealkylation sites (tertiary alicyclic amines) is 1. The fraction of sp³-hybridized carbons (Fsp3) is 0.652. The van der Waals surface area contributed by atoms with Crippen molar-refractivity contribution in [1.82, 2.24) is 15.1 Å². The number of halogens is 1. The van der Waals surface area contributed by atoms with E-state index >= 15 is 0 Å². The molecule has 1 N–H and O–H groups in total. The minimum absolute atomic E-state index is 0.132. The lowest BCUT2D eigenvalue weighted by atomic mass is 9.73. The van der Waals surface area contributed by atoms with Crippen LogP contribution in [-0.4, -0.2) is 53.5 Å². The molecular weight excluding hydrogens is 369 g/mol. The predicted octanol–water partition coefficient (Wildman–Crippen LogP) is 3.65. The van der Waals surface area contributed by atoms with Crippen molar-refractivity contribution in [2.24, 2.45) is 5.41 Å². The summed E-state index contributed by atoms with van der Waals surface area (Å²) >= 11 is 0. The summed E-state index contributed by atoms with van der Waals surface area (Å²) in [5, 5.41) is 3.02. The molecule has 5 nitrogen and oxygen atoms in total. The van der Waals surface area contributed by atoms with Crippen molar-refractivity contribution in [3.63, 3.8) is 0 Å². The lowest BCUT2D eigenvalue weighted by Gasteiger charge is -2.47. The number of nitrogens with one attached hydrogen (secondary N) is 1. The highest BCUT2D eigenvalue weighted by Crippen LogP contribution is 2.44. The zero-order valence-electron chi connectivity index (χ0n) is 16.9. The average Bonchev–Trinajstić information content (AvgIpc) is 3.00. The van der Waals surface area contributed by atoms with Gasteiger partial charge in [0.1, 0.15) is 5.82 Å². The van der Waals surface area contributed by atoms with Crippen molar-refractivity contribution in [3.8, 4) is 0 Å². The second kappa shape index (κ2) is 7.29. The first kappa shape index (κ1) is 18.9. The van der Waals surface area contributed by atoms with Gasteiger partial charge in [-0.3, -0.25) is 4.79 Å². The van der Waals surface area contributed by atoms with Crippen molar-refractivity contribution in [2.75, 3.05) is 19.6 Å². The monoisotopic (exact) mass is 399 g/mol. The van der Waals surface area contributed by atoms with Gasteiger partial charge in [0.05, 0.1) is 5.41 Å². The number of fused-ring (bicyclic) bond motifs is 2. The third kappa shape index (κ3) is 3.30. The van der Waals surface area contributed by atoms with Crippen LogP contribution in [0.4, 0.5) is 9.18 Å². The molecule has 5 rings (SSSR count). The van der Waals surface area contributed by atoms with Crippen molar-refractivity contribution in [2.45, 2.75) is 69.4 Å². The van der Waals surface area contributed by atoms with E-state index in [1.165, 1.54) is 17.7 Å². The molecule has 0 aliphatic carbocycles. The van der Waals surface area contributed by atoms with E-state index in [0.717, 1.165) is 64.5 Å². The van der Waals surface area contributed by atoms with E-state index in [1.807, 2.05) is 17.0 Å². The molecule has 3 unspecified atom stereocenters. The number of carbonyl (C=O) groups excluding carboxylic acids is 2. The first-order valence-corrected chi connectivity index (χ1v) is 11.2. The van der Waals surface area contributed by atoms with Crippen LogP contribution in [0.2, 0.25) is 0 Å². The highest BCUT2D eigenvalue weighted by atomic mass is 19.1. The molecule has 1 aromatic carbocycles. The number of hydrogen-bond acceptors (Lipinski definition) is 2. The summed E-state index contributed by atoms with van der Waals surface area (Å²) in [6.07, 6.45) is 7.69.